The minimum Gasteiger partial charge on any atom is -0.454 e. The Kier molecular flexibility index (Phi) is 3.52. The highest BCUT2D eigenvalue weighted by atomic mass is 16.7. The fraction of sp³-hybridized carbons (Fsp3) is 0.368. The molecule has 4 rings (SSSR count). The normalized spacial score (nSPS) is 18.5. The van der Waals surface area contributed by atoms with Crippen LogP contribution in [-0.2, 0) is 6.54 Å². The molecular formula is C19H22N2O2. The lowest BCUT2D eigenvalue weighted by molar-refractivity contribution is 0.174. The first-order valence-corrected chi connectivity index (χ1v) is 8.24. The minimum absolute atomic E-state index is 0.313. The average Bonchev–Trinajstić information content (AvgIpc) is 3.02. The number of nitrogens with zero attached hydrogens (tertiary/aromatic N) is 1. The van der Waals surface area contributed by atoms with Gasteiger partial charge < -0.3 is 19.7 Å². The molecule has 23 heavy (non-hydrogen) atoms. The SMILES string of the molecule is CCC1CNc2cc3c(cc2N1Cc1ccc(C)cc1)OCO3. The van der Waals surface area contributed by atoms with Crippen LogP contribution in [-0.4, -0.2) is 19.4 Å². The monoisotopic (exact) mass is 310 g/mol. The van der Waals surface area contributed by atoms with Gasteiger partial charge in [-0.15, -0.1) is 0 Å². The van der Waals surface area contributed by atoms with Gasteiger partial charge in [0.1, 0.15) is 0 Å². The first-order chi connectivity index (χ1) is 11.2. The Labute approximate surface area is 137 Å². The average molecular weight is 310 g/mol. The van der Waals surface area contributed by atoms with Gasteiger partial charge in [-0.1, -0.05) is 36.8 Å². The maximum Gasteiger partial charge on any atom is 0.231 e. The van der Waals surface area contributed by atoms with Crippen molar-refractivity contribution in [1.29, 1.82) is 0 Å². The zero-order valence-corrected chi connectivity index (χ0v) is 13.6. The van der Waals surface area contributed by atoms with Crippen LogP contribution in [0.25, 0.3) is 0 Å². The van der Waals surface area contributed by atoms with E-state index in [1.54, 1.807) is 0 Å². The number of anilines is 2. The Morgan fingerprint density at radius 3 is 2.61 bits per heavy atom. The van der Waals surface area contributed by atoms with Crippen molar-refractivity contribution in [2.24, 2.45) is 0 Å². The first-order valence-electron chi connectivity index (χ1n) is 8.24. The van der Waals surface area contributed by atoms with Crippen molar-refractivity contribution >= 4 is 11.4 Å². The van der Waals surface area contributed by atoms with Gasteiger partial charge in [-0.3, -0.25) is 0 Å². The van der Waals surface area contributed by atoms with Crippen LogP contribution in [0.2, 0.25) is 0 Å². The standard InChI is InChI=1S/C19H22N2O2/c1-3-15-10-20-16-8-18-19(23-12-22-18)9-17(16)21(15)11-14-6-4-13(2)5-7-14/h4-9,15,20H,3,10-12H2,1-2H3. The van der Waals surface area contributed by atoms with E-state index in [-0.39, 0.29) is 0 Å². The highest BCUT2D eigenvalue weighted by Gasteiger charge is 2.28. The number of rotatable bonds is 3. The number of hydrogen-bond acceptors (Lipinski definition) is 4. The topological polar surface area (TPSA) is 33.7 Å². The van der Waals surface area contributed by atoms with Crippen molar-refractivity contribution < 1.29 is 9.47 Å². The fourth-order valence-corrected chi connectivity index (χ4v) is 3.31. The van der Waals surface area contributed by atoms with Crippen LogP contribution in [0.15, 0.2) is 36.4 Å². The van der Waals surface area contributed by atoms with Crippen molar-refractivity contribution in [2.45, 2.75) is 32.9 Å². The summed E-state index contributed by atoms with van der Waals surface area (Å²) < 4.78 is 11.1. The fourth-order valence-electron chi connectivity index (χ4n) is 3.31. The summed E-state index contributed by atoms with van der Waals surface area (Å²) in [6.45, 7) is 6.54. The summed E-state index contributed by atoms with van der Waals surface area (Å²) in [4.78, 5) is 2.48. The number of ether oxygens (including phenoxy) is 2. The second kappa shape index (κ2) is 5.69. The lowest BCUT2D eigenvalue weighted by atomic mass is 10.0. The molecular weight excluding hydrogens is 288 g/mol. The number of fused-ring (bicyclic) bond motifs is 2. The molecule has 0 amide bonds. The van der Waals surface area contributed by atoms with Crippen molar-refractivity contribution in [2.75, 3.05) is 23.6 Å². The maximum atomic E-state index is 5.57. The molecule has 4 heteroatoms. The molecule has 2 aliphatic heterocycles. The van der Waals surface area contributed by atoms with Crippen molar-refractivity contribution in [3.8, 4) is 11.5 Å². The van der Waals surface area contributed by atoms with E-state index in [4.69, 9.17) is 9.47 Å². The predicted octanol–water partition coefficient (Wildman–Crippen LogP) is 3.93. The van der Waals surface area contributed by atoms with E-state index in [9.17, 15) is 0 Å². The Bertz CT molecular complexity index is 712. The largest absolute Gasteiger partial charge is 0.454 e. The second-order valence-electron chi connectivity index (χ2n) is 6.28. The quantitative estimate of drug-likeness (QED) is 0.931. The van der Waals surface area contributed by atoms with Crippen LogP contribution in [0.3, 0.4) is 0 Å². The summed E-state index contributed by atoms with van der Waals surface area (Å²) in [5.74, 6) is 1.68. The van der Waals surface area contributed by atoms with Gasteiger partial charge in [-0.25, -0.2) is 0 Å². The summed E-state index contributed by atoms with van der Waals surface area (Å²) >= 11 is 0. The minimum atomic E-state index is 0.313. The van der Waals surface area contributed by atoms with Crippen LogP contribution in [0.4, 0.5) is 11.4 Å². The highest BCUT2D eigenvalue weighted by molar-refractivity contribution is 5.77. The van der Waals surface area contributed by atoms with E-state index in [2.05, 4.69) is 60.5 Å². The third-order valence-electron chi connectivity index (χ3n) is 4.71. The zero-order chi connectivity index (χ0) is 15.8. The van der Waals surface area contributed by atoms with Gasteiger partial charge >= 0.3 is 0 Å². The van der Waals surface area contributed by atoms with Crippen LogP contribution >= 0.6 is 0 Å². The Hall–Kier alpha value is -2.36. The van der Waals surface area contributed by atoms with Crippen molar-refractivity contribution in [1.82, 2.24) is 0 Å². The van der Waals surface area contributed by atoms with E-state index in [1.165, 1.54) is 16.8 Å². The molecule has 120 valence electrons. The van der Waals surface area contributed by atoms with Gasteiger partial charge in [-0.2, -0.15) is 0 Å². The van der Waals surface area contributed by atoms with Gasteiger partial charge in [0, 0.05) is 31.3 Å². The maximum absolute atomic E-state index is 5.57. The molecule has 0 spiro atoms. The number of nitrogens with one attached hydrogen (secondary N) is 1. The summed E-state index contributed by atoms with van der Waals surface area (Å²) in [5.41, 5.74) is 4.96. The van der Waals surface area contributed by atoms with E-state index < -0.39 is 0 Å². The molecule has 1 atom stereocenters. The van der Waals surface area contributed by atoms with Crippen LogP contribution < -0.4 is 19.7 Å². The molecule has 0 saturated carbocycles. The third-order valence-corrected chi connectivity index (χ3v) is 4.71. The summed E-state index contributed by atoms with van der Waals surface area (Å²) in [5, 5.41) is 3.54. The van der Waals surface area contributed by atoms with E-state index in [1.807, 2.05) is 0 Å². The number of aryl methyl sites for hydroxylation is 1. The molecule has 2 aromatic carbocycles. The molecule has 1 unspecified atom stereocenters. The van der Waals surface area contributed by atoms with Crippen LogP contribution in [0.5, 0.6) is 11.5 Å². The molecule has 1 N–H and O–H groups in total. The zero-order valence-electron chi connectivity index (χ0n) is 13.6. The van der Waals surface area contributed by atoms with Crippen molar-refractivity contribution in [3.63, 3.8) is 0 Å². The molecule has 0 aromatic heterocycles. The van der Waals surface area contributed by atoms with Gasteiger partial charge in [-0.05, 0) is 18.9 Å². The molecule has 0 fully saturated rings. The van der Waals surface area contributed by atoms with Gasteiger partial charge in [0.25, 0.3) is 0 Å². The second-order valence-corrected chi connectivity index (χ2v) is 6.28. The van der Waals surface area contributed by atoms with E-state index in [0.717, 1.165) is 36.7 Å². The molecule has 4 nitrogen and oxygen atoms in total. The Morgan fingerprint density at radius 2 is 1.87 bits per heavy atom. The molecule has 2 heterocycles. The lowest BCUT2D eigenvalue weighted by Crippen LogP contribution is -2.43. The van der Waals surface area contributed by atoms with E-state index in [0.29, 0.717) is 12.8 Å². The first kappa shape index (κ1) is 14.2. The third kappa shape index (κ3) is 2.58. The van der Waals surface area contributed by atoms with Gasteiger partial charge in [0.15, 0.2) is 11.5 Å². The summed E-state index contributed by atoms with van der Waals surface area (Å²) in [6, 6.07) is 13.4. The summed E-state index contributed by atoms with van der Waals surface area (Å²) in [6.07, 6.45) is 1.10. The Morgan fingerprint density at radius 1 is 1.13 bits per heavy atom. The van der Waals surface area contributed by atoms with Gasteiger partial charge in [0.05, 0.1) is 11.4 Å². The van der Waals surface area contributed by atoms with Crippen LogP contribution in [0, 0.1) is 6.92 Å². The molecule has 2 aliphatic rings. The van der Waals surface area contributed by atoms with Gasteiger partial charge in [0.2, 0.25) is 6.79 Å². The van der Waals surface area contributed by atoms with Crippen molar-refractivity contribution in [3.05, 3.63) is 47.5 Å². The number of benzene rings is 2. The predicted molar refractivity (Wildman–Crippen MR) is 92.5 cm³/mol. The lowest BCUT2D eigenvalue weighted by Gasteiger charge is -2.39. The molecule has 0 radical (unpaired) electrons. The van der Waals surface area contributed by atoms with Crippen LogP contribution in [0.1, 0.15) is 24.5 Å². The molecule has 0 aliphatic carbocycles. The smallest absolute Gasteiger partial charge is 0.231 e. The molecule has 2 aromatic rings. The summed E-state index contributed by atoms with van der Waals surface area (Å²) in [7, 11) is 0. The molecule has 0 bridgehead atoms. The highest BCUT2D eigenvalue weighted by Crippen LogP contribution is 2.44. The number of hydrogen-bond donors (Lipinski definition) is 1. The Balaban J connectivity index is 1.70. The van der Waals surface area contributed by atoms with E-state index >= 15 is 0 Å². The molecule has 0 saturated heterocycles.